The number of rotatable bonds is 3. The van der Waals surface area contributed by atoms with E-state index in [2.05, 4.69) is 17.5 Å². The monoisotopic (exact) mass is 252 g/mol. The summed E-state index contributed by atoms with van der Waals surface area (Å²) in [6, 6.07) is -0.870. The van der Waals surface area contributed by atoms with Gasteiger partial charge in [0.05, 0.1) is 0 Å². The molecule has 0 spiro atoms. The predicted octanol–water partition coefficient (Wildman–Crippen LogP) is 1.60. The third kappa shape index (κ3) is 3.03. The number of urea groups is 1. The van der Waals surface area contributed by atoms with Gasteiger partial charge in [0.25, 0.3) is 0 Å². The summed E-state index contributed by atoms with van der Waals surface area (Å²) < 4.78 is 0. The number of hydrogen-bond acceptors (Lipinski definition) is 2. The van der Waals surface area contributed by atoms with E-state index in [4.69, 9.17) is 5.11 Å². The number of hydrogen-bond donors (Lipinski definition) is 2. The van der Waals surface area contributed by atoms with Gasteiger partial charge >= 0.3 is 12.0 Å². The normalized spacial score (nSPS) is 27.2. The van der Waals surface area contributed by atoms with Gasteiger partial charge in [0, 0.05) is 13.1 Å². The molecular weight excluding hydrogens is 232 g/mol. The van der Waals surface area contributed by atoms with Crippen LogP contribution in [0, 0.1) is 5.92 Å². The van der Waals surface area contributed by atoms with Gasteiger partial charge in [-0.15, -0.1) is 0 Å². The summed E-state index contributed by atoms with van der Waals surface area (Å²) in [5.41, 5.74) is 0. The molecule has 2 amide bonds. The van der Waals surface area contributed by atoms with Crippen molar-refractivity contribution in [2.24, 2.45) is 5.92 Å². The maximum absolute atomic E-state index is 11.9. The van der Waals surface area contributed by atoms with Gasteiger partial charge in [-0.25, -0.2) is 9.59 Å². The molecule has 0 aromatic heterocycles. The number of amides is 2. The van der Waals surface area contributed by atoms with E-state index in [1.165, 1.54) is 4.90 Å². The molecule has 0 saturated carbocycles. The second kappa shape index (κ2) is 5.89. The van der Waals surface area contributed by atoms with E-state index in [1.54, 1.807) is 0 Å². The molecular formula is C13H20N2O3. The quantitative estimate of drug-likeness (QED) is 0.750. The average Bonchev–Trinajstić information content (AvgIpc) is 2.86. The molecule has 1 aliphatic heterocycles. The molecule has 100 valence electrons. The Labute approximate surface area is 107 Å². The summed E-state index contributed by atoms with van der Waals surface area (Å²) in [5.74, 6) is -0.409. The molecule has 0 aromatic carbocycles. The van der Waals surface area contributed by atoms with E-state index in [0.29, 0.717) is 25.4 Å². The van der Waals surface area contributed by atoms with E-state index in [-0.39, 0.29) is 6.03 Å². The number of aliphatic carboxylic acids is 1. The number of nitrogens with one attached hydrogen (secondary N) is 1. The molecule has 2 atom stereocenters. The van der Waals surface area contributed by atoms with Crippen molar-refractivity contribution < 1.29 is 14.7 Å². The van der Waals surface area contributed by atoms with E-state index in [0.717, 1.165) is 25.7 Å². The van der Waals surface area contributed by atoms with Crippen LogP contribution < -0.4 is 5.32 Å². The van der Waals surface area contributed by atoms with Crippen LogP contribution in [-0.4, -0.2) is 41.1 Å². The number of likely N-dealkylation sites (tertiary alicyclic amines) is 1. The smallest absolute Gasteiger partial charge is 0.326 e. The van der Waals surface area contributed by atoms with Crippen LogP contribution in [0.1, 0.15) is 32.1 Å². The van der Waals surface area contributed by atoms with Gasteiger partial charge < -0.3 is 15.3 Å². The first kappa shape index (κ1) is 12.9. The number of carboxylic acid groups (broad SMARTS) is 1. The first-order valence-electron chi connectivity index (χ1n) is 6.60. The summed E-state index contributed by atoms with van der Waals surface area (Å²) in [6.07, 6.45) is 8.82. The average molecular weight is 252 g/mol. The van der Waals surface area contributed by atoms with E-state index in [1.807, 2.05) is 0 Å². The highest BCUT2D eigenvalue weighted by atomic mass is 16.4. The molecule has 1 saturated heterocycles. The first-order valence-corrected chi connectivity index (χ1v) is 6.60. The zero-order valence-corrected chi connectivity index (χ0v) is 10.5. The third-order valence-corrected chi connectivity index (χ3v) is 3.72. The van der Waals surface area contributed by atoms with Gasteiger partial charge in [-0.05, 0) is 38.0 Å². The molecule has 1 aliphatic carbocycles. The standard InChI is InChI=1S/C13H20N2O3/c16-12(17)11-7-4-8-15(11)13(18)14-9-10-5-2-1-3-6-10/h1-2,10-11H,3-9H2,(H,14,18)(H,16,17)/t10?,11-/m0/s1. The van der Waals surface area contributed by atoms with Crippen LogP contribution in [0.2, 0.25) is 0 Å². The second-order valence-corrected chi connectivity index (χ2v) is 5.03. The lowest BCUT2D eigenvalue weighted by molar-refractivity contribution is -0.141. The van der Waals surface area contributed by atoms with Gasteiger partial charge in [-0.1, -0.05) is 12.2 Å². The van der Waals surface area contributed by atoms with Gasteiger partial charge in [-0.2, -0.15) is 0 Å². The van der Waals surface area contributed by atoms with Crippen LogP contribution in [0.15, 0.2) is 12.2 Å². The molecule has 18 heavy (non-hydrogen) atoms. The molecule has 1 unspecified atom stereocenters. The first-order chi connectivity index (χ1) is 8.68. The predicted molar refractivity (Wildman–Crippen MR) is 67.2 cm³/mol. The fourth-order valence-corrected chi connectivity index (χ4v) is 2.64. The van der Waals surface area contributed by atoms with E-state index in [9.17, 15) is 9.59 Å². The van der Waals surface area contributed by atoms with Crippen LogP contribution >= 0.6 is 0 Å². The van der Waals surface area contributed by atoms with Crippen LogP contribution in [0.4, 0.5) is 4.79 Å². The summed E-state index contributed by atoms with van der Waals surface area (Å²) in [7, 11) is 0. The Bertz CT molecular complexity index is 354. The maximum Gasteiger partial charge on any atom is 0.326 e. The van der Waals surface area contributed by atoms with E-state index >= 15 is 0 Å². The van der Waals surface area contributed by atoms with Crippen molar-refractivity contribution in [3.63, 3.8) is 0 Å². The molecule has 0 radical (unpaired) electrons. The number of carbonyl (C=O) groups is 2. The van der Waals surface area contributed by atoms with Crippen molar-refractivity contribution in [1.82, 2.24) is 10.2 Å². The summed E-state index contributed by atoms with van der Waals surface area (Å²) in [4.78, 5) is 24.4. The number of carbonyl (C=O) groups excluding carboxylic acids is 1. The van der Waals surface area contributed by atoms with Crippen molar-refractivity contribution in [3.8, 4) is 0 Å². The molecule has 1 fully saturated rings. The van der Waals surface area contributed by atoms with Crippen LogP contribution in [0.25, 0.3) is 0 Å². The van der Waals surface area contributed by atoms with Crippen LogP contribution in [-0.2, 0) is 4.79 Å². The number of nitrogens with zero attached hydrogens (tertiary/aromatic N) is 1. The van der Waals surface area contributed by atoms with Crippen molar-refractivity contribution in [1.29, 1.82) is 0 Å². The van der Waals surface area contributed by atoms with Crippen molar-refractivity contribution in [2.45, 2.75) is 38.1 Å². The minimum absolute atomic E-state index is 0.227. The molecule has 2 rings (SSSR count). The Morgan fingerprint density at radius 2 is 2.17 bits per heavy atom. The second-order valence-electron chi connectivity index (χ2n) is 5.03. The largest absolute Gasteiger partial charge is 0.480 e. The van der Waals surface area contributed by atoms with Gasteiger partial charge in [0.15, 0.2) is 0 Å². The van der Waals surface area contributed by atoms with Crippen molar-refractivity contribution in [3.05, 3.63) is 12.2 Å². The molecule has 5 nitrogen and oxygen atoms in total. The highest BCUT2D eigenvalue weighted by Crippen LogP contribution is 2.19. The molecule has 2 N–H and O–H groups in total. The molecule has 0 aromatic rings. The Balaban J connectivity index is 1.80. The summed E-state index contributed by atoms with van der Waals surface area (Å²) in [6.45, 7) is 1.19. The van der Waals surface area contributed by atoms with Crippen LogP contribution in [0.5, 0.6) is 0 Å². The summed E-state index contributed by atoms with van der Waals surface area (Å²) >= 11 is 0. The third-order valence-electron chi connectivity index (χ3n) is 3.72. The lowest BCUT2D eigenvalue weighted by Crippen LogP contribution is -2.47. The molecule has 2 aliphatic rings. The number of carboxylic acids is 1. The Morgan fingerprint density at radius 1 is 1.33 bits per heavy atom. The minimum Gasteiger partial charge on any atom is -0.480 e. The number of allylic oxidation sites excluding steroid dienone is 2. The van der Waals surface area contributed by atoms with Gasteiger partial charge in [0.1, 0.15) is 6.04 Å². The van der Waals surface area contributed by atoms with Gasteiger partial charge in [-0.3, -0.25) is 0 Å². The topological polar surface area (TPSA) is 69.6 Å². The lowest BCUT2D eigenvalue weighted by Gasteiger charge is -2.24. The Morgan fingerprint density at radius 3 is 2.83 bits per heavy atom. The lowest BCUT2D eigenvalue weighted by atomic mass is 9.94. The maximum atomic E-state index is 11.9. The SMILES string of the molecule is O=C(O)[C@@H]1CCCN1C(=O)NCC1CC=CCC1. The van der Waals surface area contributed by atoms with Crippen molar-refractivity contribution in [2.75, 3.05) is 13.1 Å². The zero-order chi connectivity index (χ0) is 13.0. The minimum atomic E-state index is -0.900. The highest BCUT2D eigenvalue weighted by Gasteiger charge is 2.33. The Kier molecular flexibility index (Phi) is 4.23. The zero-order valence-electron chi connectivity index (χ0n) is 10.5. The summed E-state index contributed by atoms with van der Waals surface area (Å²) in [5, 5.41) is 11.9. The van der Waals surface area contributed by atoms with E-state index < -0.39 is 12.0 Å². The Hall–Kier alpha value is -1.52. The molecule has 1 heterocycles. The van der Waals surface area contributed by atoms with Crippen molar-refractivity contribution >= 4 is 12.0 Å². The van der Waals surface area contributed by atoms with Gasteiger partial charge in [0.2, 0.25) is 0 Å². The fraction of sp³-hybridized carbons (Fsp3) is 0.692. The highest BCUT2D eigenvalue weighted by molar-refractivity contribution is 5.83. The molecule has 5 heteroatoms. The van der Waals surface area contributed by atoms with Crippen LogP contribution in [0.3, 0.4) is 0 Å². The fourth-order valence-electron chi connectivity index (χ4n) is 2.64. The molecule has 0 bridgehead atoms.